The molecule has 0 radical (unpaired) electrons. The summed E-state index contributed by atoms with van der Waals surface area (Å²) in [5.41, 5.74) is 6.87. The molecule has 11 heteroatoms. The summed E-state index contributed by atoms with van der Waals surface area (Å²) in [4.78, 5) is 25.9. The molecule has 0 atom stereocenters. The topological polar surface area (TPSA) is 131 Å². The normalized spacial score (nSPS) is 16.4. The summed E-state index contributed by atoms with van der Waals surface area (Å²) in [6, 6.07) is 11.7. The first-order chi connectivity index (χ1) is 13.8. The molecule has 0 spiro atoms. The molecule has 0 unspecified atom stereocenters. The lowest BCUT2D eigenvalue weighted by Gasteiger charge is -2.22. The summed E-state index contributed by atoms with van der Waals surface area (Å²) < 4.78 is 32.4. The Labute approximate surface area is 171 Å². The Kier molecular flexibility index (Phi) is 4.92. The van der Waals surface area contributed by atoms with Gasteiger partial charge in [-0.1, -0.05) is 0 Å². The number of primary amides is 1. The number of anilines is 2. The van der Waals surface area contributed by atoms with E-state index in [4.69, 9.17) is 10.5 Å². The van der Waals surface area contributed by atoms with E-state index in [1.54, 1.807) is 42.5 Å². The van der Waals surface area contributed by atoms with Gasteiger partial charge in [0.1, 0.15) is 5.75 Å². The minimum atomic E-state index is -3.42. The van der Waals surface area contributed by atoms with Crippen molar-refractivity contribution in [3.63, 3.8) is 0 Å². The van der Waals surface area contributed by atoms with E-state index in [-0.39, 0.29) is 18.3 Å². The third kappa shape index (κ3) is 4.20. The second-order valence-corrected chi connectivity index (χ2v) is 9.09. The maximum atomic E-state index is 12.6. The largest absolute Gasteiger partial charge is 0.484 e. The van der Waals surface area contributed by atoms with Gasteiger partial charge in [-0.3, -0.25) is 9.59 Å². The van der Waals surface area contributed by atoms with Crippen molar-refractivity contribution in [1.29, 1.82) is 0 Å². The first-order valence-electron chi connectivity index (χ1n) is 8.55. The molecule has 2 amide bonds. The fraction of sp³-hybridized carbons (Fsp3) is 0.167. The number of benzene rings is 2. The lowest BCUT2D eigenvalue weighted by atomic mass is 10.1. The minimum absolute atomic E-state index is 0.0299. The number of fused-ring (bicyclic) bond motifs is 3. The molecule has 3 N–H and O–H groups in total. The van der Waals surface area contributed by atoms with Gasteiger partial charge in [0.05, 0.1) is 11.4 Å². The Balaban J connectivity index is 1.47. The summed E-state index contributed by atoms with van der Waals surface area (Å²) >= 11 is 1.23. The molecule has 150 valence electrons. The van der Waals surface area contributed by atoms with Gasteiger partial charge >= 0.3 is 0 Å². The van der Waals surface area contributed by atoms with Crippen LogP contribution >= 0.6 is 11.8 Å². The molecule has 0 saturated carbocycles. The maximum absolute atomic E-state index is 12.6. The molecule has 9 nitrogen and oxygen atoms in total. The molecule has 2 aromatic carbocycles. The van der Waals surface area contributed by atoms with E-state index in [0.717, 1.165) is 10.6 Å². The van der Waals surface area contributed by atoms with Crippen molar-refractivity contribution in [2.75, 3.05) is 29.1 Å². The molecule has 0 aliphatic carbocycles. The number of amides is 2. The average molecular weight is 432 g/mol. The van der Waals surface area contributed by atoms with Crippen LogP contribution in [0.2, 0.25) is 0 Å². The summed E-state index contributed by atoms with van der Waals surface area (Å²) in [6.45, 7) is 0.124. The van der Waals surface area contributed by atoms with E-state index in [9.17, 15) is 18.0 Å². The van der Waals surface area contributed by atoms with Gasteiger partial charge in [-0.15, -0.1) is 4.40 Å². The molecular formula is C18H16N4O5S2. The molecule has 4 rings (SSSR count). The first kappa shape index (κ1) is 19.3. The Morgan fingerprint density at radius 3 is 2.69 bits per heavy atom. The average Bonchev–Trinajstić information content (AvgIpc) is 3.02. The number of hydrogen-bond donors (Lipinski definition) is 2. The Morgan fingerprint density at radius 1 is 1.21 bits per heavy atom. The minimum Gasteiger partial charge on any atom is -0.484 e. The van der Waals surface area contributed by atoms with E-state index in [2.05, 4.69) is 9.71 Å². The lowest BCUT2D eigenvalue weighted by Crippen LogP contribution is -2.35. The van der Waals surface area contributed by atoms with Crippen LogP contribution in [0.25, 0.3) is 0 Å². The van der Waals surface area contributed by atoms with Crippen molar-refractivity contribution in [2.24, 2.45) is 10.1 Å². The number of nitrogens with zero attached hydrogens (tertiary/aromatic N) is 2. The van der Waals surface area contributed by atoms with Gasteiger partial charge in [-0.25, -0.2) is 8.42 Å². The third-order valence-electron chi connectivity index (χ3n) is 4.23. The highest BCUT2D eigenvalue weighted by Gasteiger charge is 2.33. The molecule has 0 saturated heterocycles. The summed E-state index contributed by atoms with van der Waals surface area (Å²) in [5.74, 6) is -0.448. The standard InChI is InChI=1S/C18H16N4O5S2/c19-16(23)10-27-13-4-2-12(3-5-13)20-17(24)11-1-6-14-15(9-11)28-18-21-29(25,26)8-7-22(14)18/h1-6,9H,7-8,10H2,(H2,19,23)(H,20,24). The van der Waals surface area contributed by atoms with Crippen molar-refractivity contribution in [3.8, 4) is 5.75 Å². The highest BCUT2D eigenvalue weighted by Crippen LogP contribution is 2.42. The quantitative estimate of drug-likeness (QED) is 0.730. The summed E-state index contributed by atoms with van der Waals surface area (Å²) in [5, 5.41) is 3.19. The molecule has 29 heavy (non-hydrogen) atoms. The van der Waals surface area contributed by atoms with Gasteiger partial charge in [0.15, 0.2) is 11.8 Å². The first-order valence-corrected chi connectivity index (χ1v) is 11.0. The van der Waals surface area contributed by atoms with E-state index in [1.165, 1.54) is 11.8 Å². The molecule has 2 aromatic rings. The predicted molar refractivity (Wildman–Crippen MR) is 110 cm³/mol. The van der Waals surface area contributed by atoms with E-state index in [0.29, 0.717) is 28.7 Å². The Morgan fingerprint density at radius 2 is 1.97 bits per heavy atom. The van der Waals surface area contributed by atoms with Crippen LogP contribution in [-0.4, -0.2) is 44.3 Å². The fourth-order valence-corrected chi connectivity index (χ4v) is 5.16. The summed E-state index contributed by atoms with van der Waals surface area (Å²) in [6.07, 6.45) is 0. The van der Waals surface area contributed by atoms with Gasteiger partial charge in [0, 0.05) is 22.7 Å². The van der Waals surface area contributed by atoms with Gasteiger partial charge in [0.25, 0.3) is 21.8 Å². The van der Waals surface area contributed by atoms with Crippen LogP contribution in [0.4, 0.5) is 11.4 Å². The van der Waals surface area contributed by atoms with Crippen LogP contribution < -0.4 is 20.7 Å². The van der Waals surface area contributed by atoms with Crippen LogP contribution in [0.15, 0.2) is 51.8 Å². The second kappa shape index (κ2) is 7.41. The highest BCUT2D eigenvalue weighted by molar-refractivity contribution is 8.15. The van der Waals surface area contributed by atoms with E-state index >= 15 is 0 Å². The van der Waals surface area contributed by atoms with Crippen molar-refractivity contribution in [3.05, 3.63) is 48.0 Å². The van der Waals surface area contributed by atoms with Crippen LogP contribution in [0.3, 0.4) is 0 Å². The lowest BCUT2D eigenvalue weighted by molar-refractivity contribution is -0.119. The molecule has 0 fully saturated rings. The summed E-state index contributed by atoms with van der Waals surface area (Å²) in [7, 11) is -3.42. The number of nitrogens with two attached hydrogens (primary N) is 1. The SMILES string of the molecule is NC(=O)COc1ccc(NC(=O)c2ccc3c(c2)SC2=NS(=O)(=O)CCN23)cc1. The van der Waals surface area contributed by atoms with Crippen LogP contribution in [0.5, 0.6) is 5.75 Å². The van der Waals surface area contributed by atoms with Crippen LogP contribution in [0.1, 0.15) is 10.4 Å². The number of nitrogens with one attached hydrogen (secondary N) is 1. The number of rotatable bonds is 5. The number of thioether (sulfide) groups is 1. The number of sulfonamides is 1. The van der Waals surface area contributed by atoms with Crippen molar-refractivity contribution in [2.45, 2.75) is 4.90 Å². The Hall–Kier alpha value is -3.05. The zero-order chi connectivity index (χ0) is 20.6. The molecule has 0 aromatic heterocycles. The van der Waals surface area contributed by atoms with E-state index in [1.807, 2.05) is 4.90 Å². The highest BCUT2D eigenvalue weighted by atomic mass is 32.2. The van der Waals surface area contributed by atoms with Crippen molar-refractivity contribution < 1.29 is 22.7 Å². The zero-order valence-corrected chi connectivity index (χ0v) is 16.6. The van der Waals surface area contributed by atoms with Crippen molar-refractivity contribution in [1.82, 2.24) is 0 Å². The fourth-order valence-electron chi connectivity index (χ4n) is 2.86. The van der Waals surface area contributed by atoms with Gasteiger partial charge in [-0.2, -0.15) is 0 Å². The molecule has 2 aliphatic heterocycles. The molecular weight excluding hydrogens is 416 g/mol. The number of amidine groups is 1. The third-order valence-corrected chi connectivity index (χ3v) is 6.53. The second-order valence-electron chi connectivity index (χ2n) is 6.33. The predicted octanol–water partition coefficient (Wildman–Crippen LogP) is 1.41. The molecule has 0 bridgehead atoms. The van der Waals surface area contributed by atoms with Crippen LogP contribution in [-0.2, 0) is 14.8 Å². The zero-order valence-electron chi connectivity index (χ0n) is 15.0. The molecule has 2 heterocycles. The number of carbonyl (C=O) groups excluding carboxylic acids is 2. The van der Waals surface area contributed by atoms with Crippen LogP contribution in [0, 0.1) is 0 Å². The smallest absolute Gasteiger partial charge is 0.257 e. The van der Waals surface area contributed by atoms with Gasteiger partial charge in [0.2, 0.25) is 0 Å². The van der Waals surface area contributed by atoms with Gasteiger partial charge in [-0.05, 0) is 54.2 Å². The molecule has 2 aliphatic rings. The maximum Gasteiger partial charge on any atom is 0.257 e. The number of carbonyl (C=O) groups is 2. The Bertz CT molecular complexity index is 1130. The monoisotopic (exact) mass is 432 g/mol. The van der Waals surface area contributed by atoms with Crippen molar-refractivity contribution >= 4 is 50.1 Å². The van der Waals surface area contributed by atoms with E-state index < -0.39 is 15.9 Å². The number of hydrogen-bond acceptors (Lipinski definition) is 7. The van der Waals surface area contributed by atoms with Gasteiger partial charge < -0.3 is 20.7 Å². The number of ether oxygens (including phenoxy) is 1.